The van der Waals surface area contributed by atoms with Crippen LogP contribution in [0.25, 0.3) is 6.08 Å². The Morgan fingerprint density at radius 1 is 1.00 bits per heavy atom. The first-order valence-corrected chi connectivity index (χ1v) is 15.3. The van der Waals surface area contributed by atoms with E-state index in [1.54, 1.807) is 31.2 Å². The molecule has 1 heterocycles. The minimum Gasteiger partial charge on any atom is -0.479 e. The lowest BCUT2D eigenvalue weighted by atomic mass is 10.0. The predicted octanol–water partition coefficient (Wildman–Crippen LogP) is 4.92. The second kappa shape index (κ2) is 17.6. The third-order valence-electron chi connectivity index (χ3n) is 7.19. The van der Waals surface area contributed by atoms with Gasteiger partial charge in [-0.2, -0.15) is 0 Å². The number of rotatable bonds is 17. The first-order valence-electron chi connectivity index (χ1n) is 15.3. The largest absolute Gasteiger partial charge is 0.479 e. The Morgan fingerprint density at radius 3 is 2.44 bits per heavy atom. The zero-order chi connectivity index (χ0) is 32.8. The summed E-state index contributed by atoms with van der Waals surface area (Å²) in [6.45, 7) is 7.34. The topological polar surface area (TPSA) is 140 Å². The number of amides is 2. The lowest BCUT2D eigenvalue weighted by Gasteiger charge is -2.21. The number of hydrogen-bond acceptors (Lipinski definition) is 7. The summed E-state index contributed by atoms with van der Waals surface area (Å²) in [7, 11) is 0. The number of allylic oxidation sites excluding steroid dienone is 2. The molecule has 242 valence electrons. The van der Waals surface area contributed by atoms with E-state index in [9.17, 15) is 24.3 Å². The molecule has 0 aliphatic carbocycles. The van der Waals surface area contributed by atoms with Crippen molar-refractivity contribution in [2.45, 2.75) is 65.5 Å². The van der Waals surface area contributed by atoms with Gasteiger partial charge in [-0.15, -0.1) is 0 Å². The first kappa shape index (κ1) is 34.9. The molecule has 2 aromatic carbocycles. The van der Waals surface area contributed by atoms with E-state index < -0.39 is 41.8 Å². The third kappa shape index (κ3) is 12.1. The van der Waals surface area contributed by atoms with Crippen molar-refractivity contribution in [3.63, 3.8) is 0 Å². The fourth-order valence-corrected chi connectivity index (χ4v) is 4.56. The van der Waals surface area contributed by atoms with Crippen LogP contribution in [-0.4, -0.2) is 54.3 Å². The Morgan fingerprint density at radius 2 is 1.73 bits per heavy atom. The normalized spacial score (nSPS) is 15.0. The van der Waals surface area contributed by atoms with Crippen LogP contribution in [0.15, 0.2) is 66.8 Å². The van der Waals surface area contributed by atoms with E-state index in [1.807, 2.05) is 44.2 Å². The van der Waals surface area contributed by atoms with Crippen molar-refractivity contribution in [3.8, 4) is 11.5 Å². The zero-order valence-corrected chi connectivity index (χ0v) is 26.4. The van der Waals surface area contributed by atoms with E-state index in [1.165, 1.54) is 6.08 Å². The quantitative estimate of drug-likeness (QED) is 0.167. The number of carbonyl (C=O) groups excluding carboxylic acids is 3. The van der Waals surface area contributed by atoms with Gasteiger partial charge in [-0.25, -0.2) is 4.79 Å². The van der Waals surface area contributed by atoms with Crippen LogP contribution >= 0.6 is 0 Å². The van der Waals surface area contributed by atoms with Crippen molar-refractivity contribution in [2.24, 2.45) is 17.8 Å². The Hall–Kier alpha value is -4.60. The average molecular weight is 621 g/mol. The second-order valence-corrected chi connectivity index (χ2v) is 11.7. The highest BCUT2D eigenvalue weighted by Gasteiger charge is 2.28. The van der Waals surface area contributed by atoms with Gasteiger partial charge in [0.25, 0.3) is 0 Å². The van der Waals surface area contributed by atoms with Gasteiger partial charge < -0.3 is 30.0 Å². The third-order valence-corrected chi connectivity index (χ3v) is 7.19. The molecular formula is C35H44N2O8. The number of carbonyl (C=O) groups is 4. The van der Waals surface area contributed by atoms with Crippen LogP contribution in [0.1, 0.15) is 58.1 Å². The molecule has 2 aromatic rings. The minimum absolute atomic E-state index is 0.0170. The molecule has 0 saturated carbocycles. The Bertz CT molecular complexity index is 1350. The molecule has 0 bridgehead atoms. The van der Waals surface area contributed by atoms with Crippen LogP contribution in [0.2, 0.25) is 0 Å². The summed E-state index contributed by atoms with van der Waals surface area (Å²) >= 11 is 0. The number of carboxylic acids is 1. The van der Waals surface area contributed by atoms with Crippen LogP contribution in [0.5, 0.6) is 11.5 Å². The lowest BCUT2D eigenvalue weighted by Crippen LogP contribution is -2.49. The van der Waals surface area contributed by atoms with Crippen LogP contribution in [0.3, 0.4) is 0 Å². The smallest absolute Gasteiger partial charge is 0.345 e. The summed E-state index contributed by atoms with van der Waals surface area (Å²) in [5.41, 5.74) is 1.88. The fraction of sp³-hybridized carbons (Fsp3) is 0.429. The number of carboxylic acid groups (broad SMARTS) is 1. The van der Waals surface area contributed by atoms with Crippen LogP contribution in [0.4, 0.5) is 0 Å². The molecule has 0 spiro atoms. The van der Waals surface area contributed by atoms with Crippen molar-refractivity contribution >= 4 is 29.8 Å². The first-order chi connectivity index (χ1) is 21.5. The molecule has 2 amide bonds. The molecule has 0 saturated heterocycles. The van der Waals surface area contributed by atoms with Gasteiger partial charge in [-0.05, 0) is 60.4 Å². The van der Waals surface area contributed by atoms with E-state index in [2.05, 4.69) is 29.7 Å². The molecule has 10 heteroatoms. The number of ether oxygens (including phenoxy) is 3. The molecule has 2 unspecified atom stereocenters. The average Bonchev–Trinajstić information content (AvgIpc) is 3.48. The summed E-state index contributed by atoms with van der Waals surface area (Å²) in [5, 5.41) is 14.9. The van der Waals surface area contributed by atoms with Crippen molar-refractivity contribution in [1.82, 2.24) is 10.6 Å². The van der Waals surface area contributed by atoms with Crippen LogP contribution in [-0.2, 0) is 30.3 Å². The highest BCUT2D eigenvalue weighted by atomic mass is 16.7. The lowest BCUT2D eigenvalue weighted by molar-refractivity contribution is -0.167. The number of fused-ring (bicyclic) bond motifs is 1. The van der Waals surface area contributed by atoms with Gasteiger partial charge in [0.15, 0.2) is 17.6 Å². The summed E-state index contributed by atoms with van der Waals surface area (Å²) in [4.78, 5) is 50.2. The van der Waals surface area contributed by atoms with Crippen LogP contribution in [0, 0.1) is 17.8 Å². The number of benzene rings is 2. The van der Waals surface area contributed by atoms with Gasteiger partial charge in [-0.3, -0.25) is 14.4 Å². The molecule has 4 atom stereocenters. The van der Waals surface area contributed by atoms with Crippen LogP contribution < -0.4 is 20.1 Å². The summed E-state index contributed by atoms with van der Waals surface area (Å²) in [6, 6.07) is 14.4. The maximum atomic E-state index is 13.3. The number of esters is 1. The van der Waals surface area contributed by atoms with E-state index in [0.29, 0.717) is 23.8 Å². The van der Waals surface area contributed by atoms with Crippen molar-refractivity contribution in [1.29, 1.82) is 0 Å². The van der Waals surface area contributed by atoms with E-state index >= 15 is 0 Å². The van der Waals surface area contributed by atoms with Gasteiger partial charge in [-0.1, -0.05) is 82.3 Å². The molecular weight excluding hydrogens is 576 g/mol. The van der Waals surface area contributed by atoms with Crippen molar-refractivity contribution < 1.29 is 38.5 Å². The fourth-order valence-electron chi connectivity index (χ4n) is 4.56. The number of aliphatic carboxylic acids is 1. The molecule has 0 radical (unpaired) electrons. The molecule has 10 nitrogen and oxygen atoms in total. The predicted molar refractivity (Wildman–Crippen MR) is 170 cm³/mol. The maximum absolute atomic E-state index is 13.3. The van der Waals surface area contributed by atoms with Crippen molar-refractivity contribution in [2.75, 3.05) is 13.3 Å². The number of nitrogens with one attached hydrogen (secondary N) is 2. The standard InChI is InChI=1S/C35H44N2O8/c1-23(2)18-31(34(40)41)45-35(42)25(4)21-36-33(39)28(19-27-16-17-29-30(20-27)44-22-43-29)37-32(38)13-9-8-10-24(3)14-15-26-11-6-5-7-12-26/h5-7,9,11-17,20,23-25,28,31H,8,10,18-19,21-22H2,1-4H3,(H,36,39)(H,37,38)(H,40,41)/b13-9+,15-14+/t24?,25?,28-,31+/m1/s1. The van der Waals surface area contributed by atoms with E-state index in [4.69, 9.17) is 14.2 Å². The van der Waals surface area contributed by atoms with Gasteiger partial charge in [0, 0.05) is 13.0 Å². The van der Waals surface area contributed by atoms with Gasteiger partial charge in [0.05, 0.1) is 5.92 Å². The highest BCUT2D eigenvalue weighted by Crippen LogP contribution is 2.32. The molecule has 45 heavy (non-hydrogen) atoms. The molecule has 3 N–H and O–H groups in total. The number of hydrogen-bond donors (Lipinski definition) is 3. The molecule has 1 aliphatic heterocycles. The van der Waals surface area contributed by atoms with Gasteiger partial charge in [0.2, 0.25) is 18.6 Å². The Labute approximate surface area is 264 Å². The van der Waals surface area contributed by atoms with Gasteiger partial charge >= 0.3 is 11.9 Å². The summed E-state index contributed by atoms with van der Waals surface area (Å²) < 4.78 is 16.0. The molecule has 0 fully saturated rings. The zero-order valence-electron chi connectivity index (χ0n) is 26.4. The molecule has 0 aromatic heterocycles. The Balaban J connectivity index is 1.58. The van der Waals surface area contributed by atoms with Crippen molar-refractivity contribution in [3.05, 3.63) is 77.9 Å². The minimum atomic E-state index is -1.26. The van der Waals surface area contributed by atoms with E-state index in [-0.39, 0.29) is 32.1 Å². The second-order valence-electron chi connectivity index (χ2n) is 11.7. The maximum Gasteiger partial charge on any atom is 0.345 e. The molecule has 3 rings (SSSR count). The van der Waals surface area contributed by atoms with Gasteiger partial charge in [0.1, 0.15) is 6.04 Å². The summed E-state index contributed by atoms with van der Waals surface area (Å²) in [6.07, 6.45) is 8.04. The van der Waals surface area contributed by atoms with E-state index in [0.717, 1.165) is 17.5 Å². The SMILES string of the molecule is CC(C)C[C@H](OC(=O)C(C)CNC(=O)[C@@H](Cc1ccc2c(c1)OCO2)NC(=O)/C=C/CCC(C)/C=C/c1ccccc1)C(=O)O. The Kier molecular flexibility index (Phi) is 13.7. The summed E-state index contributed by atoms with van der Waals surface area (Å²) in [5.74, 6) is -2.18. The highest BCUT2D eigenvalue weighted by molar-refractivity contribution is 5.93. The molecule has 1 aliphatic rings. The monoisotopic (exact) mass is 620 g/mol.